The molecule has 0 spiro atoms. The molecule has 0 saturated carbocycles. The Labute approximate surface area is 138 Å². The molecule has 0 atom stereocenters. The Kier molecular flexibility index (Phi) is 8.37. The van der Waals surface area contributed by atoms with Gasteiger partial charge >= 0.3 is 0 Å². The topological polar surface area (TPSA) is 33.0 Å². The van der Waals surface area contributed by atoms with Gasteiger partial charge in [0.15, 0.2) is 8.32 Å². The van der Waals surface area contributed by atoms with E-state index in [1.807, 2.05) is 25.1 Å². The highest BCUT2D eigenvalue weighted by Crippen LogP contribution is 2.36. The lowest BCUT2D eigenvalue weighted by molar-refractivity contribution is 0.327. The fourth-order valence-electron chi connectivity index (χ4n) is 1.38. The van der Waals surface area contributed by atoms with Gasteiger partial charge in [-0.2, -0.15) is 5.26 Å². The van der Waals surface area contributed by atoms with Crippen LogP contribution in [-0.4, -0.2) is 14.9 Å². The van der Waals surface area contributed by atoms with Crippen LogP contribution in [0.2, 0.25) is 18.1 Å². The highest BCUT2D eigenvalue weighted by Gasteiger charge is 2.36. The molecule has 0 amide bonds. The molecular weight excluding hydrogens is 286 g/mol. The fraction of sp³-hybridized carbons (Fsp3) is 0.526. The smallest absolute Gasteiger partial charge is 0.192 e. The zero-order chi connectivity index (χ0) is 17.4. The summed E-state index contributed by atoms with van der Waals surface area (Å²) in [5.41, 5.74) is 3.39. The van der Waals surface area contributed by atoms with Gasteiger partial charge in [-0.1, -0.05) is 45.1 Å². The molecule has 0 aromatic rings. The summed E-state index contributed by atoms with van der Waals surface area (Å²) in [7, 11) is -1.67. The van der Waals surface area contributed by atoms with E-state index >= 15 is 0 Å². The Balaban J connectivity index is 4.68. The van der Waals surface area contributed by atoms with Crippen LogP contribution in [0.1, 0.15) is 41.5 Å². The van der Waals surface area contributed by atoms with E-state index in [-0.39, 0.29) is 5.04 Å². The fourth-order valence-corrected chi connectivity index (χ4v) is 2.31. The van der Waals surface area contributed by atoms with E-state index in [4.69, 9.17) is 9.69 Å². The number of nitriles is 1. The Morgan fingerprint density at radius 1 is 1.14 bits per heavy atom. The van der Waals surface area contributed by atoms with Crippen LogP contribution in [0.4, 0.5) is 0 Å². The minimum absolute atomic E-state index is 0.243. The van der Waals surface area contributed by atoms with Crippen molar-refractivity contribution in [1.82, 2.24) is 0 Å². The molecule has 0 aliphatic heterocycles. The maximum Gasteiger partial charge on any atom is 0.192 e. The van der Waals surface area contributed by atoms with E-state index < -0.39 is 8.32 Å². The molecule has 0 heterocycles. The maximum absolute atomic E-state index is 8.56. The molecule has 0 aromatic carbocycles. The molecule has 2 nitrogen and oxygen atoms in total. The summed E-state index contributed by atoms with van der Waals surface area (Å²) in [4.78, 5) is 0. The number of rotatable bonds is 6. The predicted octanol–water partition coefficient (Wildman–Crippen LogP) is 5.93. The van der Waals surface area contributed by atoms with Crippen molar-refractivity contribution < 1.29 is 4.43 Å². The van der Waals surface area contributed by atoms with Crippen molar-refractivity contribution in [3.8, 4) is 6.07 Å². The van der Waals surface area contributed by atoms with Crippen LogP contribution in [0.3, 0.4) is 0 Å². The van der Waals surface area contributed by atoms with Gasteiger partial charge < -0.3 is 4.43 Å². The van der Waals surface area contributed by atoms with Crippen LogP contribution < -0.4 is 0 Å². The second-order valence-corrected chi connectivity index (χ2v) is 12.0. The van der Waals surface area contributed by atoms with E-state index in [0.29, 0.717) is 6.61 Å². The molecule has 0 aliphatic rings. The molecule has 3 heteroatoms. The number of allylic oxidation sites excluding steroid dienone is 7. The van der Waals surface area contributed by atoms with E-state index in [1.165, 1.54) is 17.2 Å². The highest BCUT2D eigenvalue weighted by atomic mass is 28.4. The average Bonchev–Trinajstić information content (AvgIpc) is 2.37. The summed E-state index contributed by atoms with van der Waals surface area (Å²) in [6.45, 7) is 18.1. The summed E-state index contributed by atoms with van der Waals surface area (Å²) in [5.74, 6) is 0. The minimum atomic E-state index is -1.67. The number of nitrogens with zero attached hydrogens (tertiary/aromatic N) is 1. The lowest BCUT2D eigenvalue weighted by Gasteiger charge is -2.35. The van der Waals surface area contributed by atoms with Gasteiger partial charge in [0.2, 0.25) is 0 Å². The Hall–Kier alpha value is -1.37. The quantitative estimate of drug-likeness (QED) is 0.346. The first-order chi connectivity index (χ1) is 10.0. The van der Waals surface area contributed by atoms with E-state index in [2.05, 4.69) is 59.9 Å². The average molecular weight is 318 g/mol. The van der Waals surface area contributed by atoms with Gasteiger partial charge in [0, 0.05) is 6.08 Å². The monoisotopic (exact) mass is 317 g/mol. The van der Waals surface area contributed by atoms with Gasteiger partial charge in [0.05, 0.1) is 12.7 Å². The molecule has 0 rings (SSSR count). The largest absolute Gasteiger partial charge is 0.413 e. The van der Waals surface area contributed by atoms with Gasteiger partial charge in [0.25, 0.3) is 0 Å². The Morgan fingerprint density at radius 3 is 2.23 bits per heavy atom. The van der Waals surface area contributed by atoms with E-state index in [0.717, 1.165) is 5.57 Å². The first kappa shape index (κ1) is 20.6. The van der Waals surface area contributed by atoms with Crippen LogP contribution >= 0.6 is 0 Å². The molecule has 0 N–H and O–H groups in total. The summed E-state index contributed by atoms with van der Waals surface area (Å²) >= 11 is 0. The normalized spacial score (nSPS) is 15.3. The lowest BCUT2D eigenvalue weighted by atomic mass is 10.1. The minimum Gasteiger partial charge on any atom is -0.413 e. The second-order valence-electron chi connectivity index (χ2n) is 7.18. The third-order valence-corrected chi connectivity index (χ3v) is 8.76. The molecule has 0 bridgehead atoms. The van der Waals surface area contributed by atoms with Crippen molar-refractivity contribution in [2.75, 3.05) is 6.61 Å². The Bertz CT molecular complexity index is 523. The highest BCUT2D eigenvalue weighted by molar-refractivity contribution is 6.74. The van der Waals surface area contributed by atoms with Gasteiger partial charge in [-0.25, -0.2) is 0 Å². The van der Waals surface area contributed by atoms with Crippen LogP contribution in [0.15, 0.2) is 47.1 Å². The molecular formula is C19H31NOSi. The molecule has 0 aliphatic carbocycles. The van der Waals surface area contributed by atoms with Crippen LogP contribution in [0.25, 0.3) is 0 Å². The third-order valence-electron chi connectivity index (χ3n) is 4.26. The molecule has 22 heavy (non-hydrogen) atoms. The molecule has 0 radical (unpaired) electrons. The number of hydrogen-bond acceptors (Lipinski definition) is 2. The molecule has 122 valence electrons. The van der Waals surface area contributed by atoms with Gasteiger partial charge in [-0.15, -0.1) is 0 Å². The predicted molar refractivity (Wildman–Crippen MR) is 99.2 cm³/mol. The zero-order valence-electron chi connectivity index (χ0n) is 15.4. The maximum atomic E-state index is 8.56. The molecule has 0 saturated heterocycles. The standard InChI is InChI=1S/C19H31NOSi/c1-16(12-14-20)10-9-11-17(2)18(3)13-15-21-22(7,8)19(4,5)6/h9-13H,15H2,1-8H3/b10-9+,16-12-,17-11+,18-13+. The number of hydrogen-bond donors (Lipinski definition) is 0. The molecule has 0 aromatic heterocycles. The van der Waals surface area contributed by atoms with E-state index in [9.17, 15) is 0 Å². The van der Waals surface area contributed by atoms with Crippen molar-refractivity contribution in [3.05, 3.63) is 47.1 Å². The summed E-state index contributed by atoms with van der Waals surface area (Å²) < 4.78 is 6.16. The summed E-state index contributed by atoms with van der Waals surface area (Å²) in [5, 5.41) is 8.80. The summed E-state index contributed by atoms with van der Waals surface area (Å²) in [6, 6.07) is 2.02. The lowest BCUT2D eigenvalue weighted by Crippen LogP contribution is -2.40. The SMILES string of the molecule is CC(=C/C#N)/C=C/C=C(C)/C(C)=C/CO[Si](C)(C)C(C)(C)C. The Morgan fingerprint density at radius 2 is 1.73 bits per heavy atom. The zero-order valence-corrected chi connectivity index (χ0v) is 16.4. The third kappa shape index (κ3) is 7.58. The second kappa shape index (κ2) is 8.92. The molecule has 0 unspecified atom stereocenters. The first-order valence-corrected chi connectivity index (χ1v) is 10.6. The van der Waals surface area contributed by atoms with Gasteiger partial charge in [0.1, 0.15) is 0 Å². The molecule has 0 fully saturated rings. The van der Waals surface area contributed by atoms with Crippen molar-refractivity contribution >= 4 is 8.32 Å². The van der Waals surface area contributed by atoms with Gasteiger partial charge in [-0.3, -0.25) is 0 Å². The van der Waals surface area contributed by atoms with Crippen molar-refractivity contribution in [2.45, 2.75) is 59.7 Å². The van der Waals surface area contributed by atoms with Crippen molar-refractivity contribution in [1.29, 1.82) is 5.26 Å². The van der Waals surface area contributed by atoms with Gasteiger partial charge in [-0.05, 0) is 55.6 Å². The first-order valence-electron chi connectivity index (χ1n) is 7.73. The summed E-state index contributed by atoms with van der Waals surface area (Å²) in [6.07, 6.45) is 9.66. The van der Waals surface area contributed by atoms with Crippen LogP contribution in [0.5, 0.6) is 0 Å². The van der Waals surface area contributed by atoms with Crippen LogP contribution in [-0.2, 0) is 4.43 Å². The van der Waals surface area contributed by atoms with Crippen molar-refractivity contribution in [3.63, 3.8) is 0 Å². The van der Waals surface area contributed by atoms with Crippen molar-refractivity contribution in [2.24, 2.45) is 0 Å². The van der Waals surface area contributed by atoms with E-state index in [1.54, 1.807) is 0 Å². The van der Waals surface area contributed by atoms with Crippen LogP contribution in [0, 0.1) is 11.3 Å².